The SMILES string of the molecule is C=C(C)C(=O)OC(=C)C(=O)OC.CCO. The molecule has 0 saturated heterocycles. The highest BCUT2D eigenvalue weighted by Crippen LogP contribution is 2.01. The molecule has 15 heavy (non-hydrogen) atoms. The van der Waals surface area contributed by atoms with Crippen molar-refractivity contribution in [2.75, 3.05) is 13.7 Å². The second-order valence-electron chi connectivity index (χ2n) is 2.40. The van der Waals surface area contributed by atoms with E-state index in [0.717, 1.165) is 0 Å². The summed E-state index contributed by atoms with van der Waals surface area (Å²) < 4.78 is 8.70. The predicted octanol–water partition coefficient (Wildman–Crippen LogP) is 0.791. The Morgan fingerprint density at radius 1 is 1.27 bits per heavy atom. The van der Waals surface area contributed by atoms with Gasteiger partial charge >= 0.3 is 11.9 Å². The molecule has 0 aromatic rings. The second kappa shape index (κ2) is 8.96. The van der Waals surface area contributed by atoms with Gasteiger partial charge in [-0.05, 0) is 20.4 Å². The van der Waals surface area contributed by atoms with E-state index in [0.29, 0.717) is 0 Å². The first-order valence-electron chi connectivity index (χ1n) is 4.16. The molecule has 0 aliphatic heterocycles. The maximum atomic E-state index is 10.8. The Bertz CT molecular complexity index is 255. The zero-order valence-corrected chi connectivity index (χ0v) is 9.20. The van der Waals surface area contributed by atoms with Gasteiger partial charge in [0, 0.05) is 12.2 Å². The predicted molar refractivity (Wildman–Crippen MR) is 54.8 cm³/mol. The van der Waals surface area contributed by atoms with Gasteiger partial charge in [0.15, 0.2) is 0 Å². The minimum absolute atomic E-state index is 0.194. The minimum atomic E-state index is -0.774. The zero-order chi connectivity index (χ0) is 12.4. The topological polar surface area (TPSA) is 72.8 Å². The molecule has 0 unspecified atom stereocenters. The Labute approximate surface area is 89.0 Å². The summed E-state index contributed by atoms with van der Waals surface area (Å²) in [4.78, 5) is 21.4. The molecule has 0 radical (unpaired) electrons. The molecule has 0 heterocycles. The second-order valence-corrected chi connectivity index (χ2v) is 2.40. The largest absolute Gasteiger partial charge is 0.463 e. The number of rotatable bonds is 3. The van der Waals surface area contributed by atoms with Gasteiger partial charge in [0.2, 0.25) is 5.76 Å². The van der Waals surface area contributed by atoms with Gasteiger partial charge in [0.25, 0.3) is 0 Å². The summed E-state index contributed by atoms with van der Waals surface area (Å²) in [5.41, 5.74) is 0.194. The maximum Gasteiger partial charge on any atom is 0.373 e. The first kappa shape index (κ1) is 15.8. The monoisotopic (exact) mass is 216 g/mol. The van der Waals surface area contributed by atoms with Gasteiger partial charge in [0.05, 0.1) is 7.11 Å². The highest BCUT2D eigenvalue weighted by molar-refractivity contribution is 5.93. The van der Waals surface area contributed by atoms with Crippen molar-refractivity contribution < 1.29 is 24.2 Å². The van der Waals surface area contributed by atoms with Crippen molar-refractivity contribution in [3.05, 3.63) is 24.5 Å². The average molecular weight is 216 g/mol. The number of carbonyl (C=O) groups is 2. The lowest BCUT2D eigenvalue weighted by atomic mass is 10.4. The van der Waals surface area contributed by atoms with Crippen molar-refractivity contribution in [1.29, 1.82) is 0 Å². The fourth-order valence-corrected chi connectivity index (χ4v) is 0.355. The normalized spacial score (nSPS) is 8.00. The molecule has 5 heteroatoms. The lowest BCUT2D eigenvalue weighted by Crippen LogP contribution is -2.12. The summed E-state index contributed by atoms with van der Waals surface area (Å²) in [6.07, 6.45) is 0. The molecule has 1 N–H and O–H groups in total. The number of methoxy groups -OCH3 is 1. The Balaban J connectivity index is 0. The summed E-state index contributed by atoms with van der Waals surface area (Å²) in [7, 11) is 1.17. The number of ether oxygens (including phenoxy) is 2. The Morgan fingerprint density at radius 3 is 1.93 bits per heavy atom. The minimum Gasteiger partial charge on any atom is -0.463 e. The molecule has 86 valence electrons. The lowest BCUT2D eigenvalue weighted by Gasteiger charge is -2.03. The number of esters is 2. The maximum absolute atomic E-state index is 10.8. The molecule has 0 aliphatic carbocycles. The van der Waals surface area contributed by atoms with Gasteiger partial charge in [0.1, 0.15) is 0 Å². The van der Waals surface area contributed by atoms with Crippen molar-refractivity contribution in [2.24, 2.45) is 0 Å². The molecule has 0 atom stereocenters. The van der Waals surface area contributed by atoms with Gasteiger partial charge in [-0.3, -0.25) is 0 Å². The van der Waals surface area contributed by atoms with Crippen LogP contribution in [0.15, 0.2) is 24.5 Å². The van der Waals surface area contributed by atoms with E-state index in [4.69, 9.17) is 5.11 Å². The number of aliphatic hydroxyl groups is 1. The fraction of sp³-hybridized carbons (Fsp3) is 0.400. The molecule has 0 aromatic heterocycles. The van der Waals surface area contributed by atoms with E-state index in [2.05, 4.69) is 22.6 Å². The lowest BCUT2D eigenvalue weighted by molar-refractivity contribution is -0.147. The Hall–Kier alpha value is -1.62. The third-order valence-corrected chi connectivity index (χ3v) is 0.977. The summed E-state index contributed by atoms with van der Waals surface area (Å²) in [5.74, 6) is -1.81. The first-order valence-corrected chi connectivity index (χ1v) is 4.16. The van der Waals surface area contributed by atoms with Crippen LogP contribution in [-0.4, -0.2) is 30.8 Å². The van der Waals surface area contributed by atoms with Gasteiger partial charge in [-0.15, -0.1) is 0 Å². The average Bonchev–Trinajstić information content (AvgIpc) is 2.17. The van der Waals surface area contributed by atoms with E-state index in [1.165, 1.54) is 14.0 Å². The molecule has 0 aliphatic rings. The van der Waals surface area contributed by atoms with Gasteiger partial charge in [-0.25, -0.2) is 9.59 Å². The van der Waals surface area contributed by atoms with Crippen LogP contribution in [0.3, 0.4) is 0 Å². The highest BCUT2D eigenvalue weighted by Gasteiger charge is 2.12. The first-order chi connectivity index (χ1) is 6.90. The van der Waals surface area contributed by atoms with Crippen LogP contribution in [0.25, 0.3) is 0 Å². The van der Waals surface area contributed by atoms with Gasteiger partial charge < -0.3 is 14.6 Å². The molecule has 5 nitrogen and oxygen atoms in total. The molecule has 0 bridgehead atoms. The van der Waals surface area contributed by atoms with E-state index in [1.54, 1.807) is 6.92 Å². The molecular formula is C10H16O5. The number of carbonyl (C=O) groups excluding carboxylic acids is 2. The van der Waals surface area contributed by atoms with Crippen LogP contribution in [0, 0.1) is 0 Å². The molecule has 0 saturated carbocycles. The van der Waals surface area contributed by atoms with Crippen LogP contribution in [0.4, 0.5) is 0 Å². The van der Waals surface area contributed by atoms with E-state index in [-0.39, 0.29) is 17.9 Å². The summed E-state index contributed by atoms with van der Waals surface area (Å²) >= 11 is 0. The fourth-order valence-electron chi connectivity index (χ4n) is 0.355. The Morgan fingerprint density at radius 2 is 1.67 bits per heavy atom. The summed E-state index contributed by atoms with van der Waals surface area (Å²) in [6.45, 7) is 9.91. The summed E-state index contributed by atoms with van der Waals surface area (Å²) in [6, 6.07) is 0. The number of aliphatic hydroxyl groups excluding tert-OH is 1. The third kappa shape index (κ3) is 8.70. The van der Waals surface area contributed by atoms with E-state index in [1.807, 2.05) is 0 Å². The standard InChI is InChI=1S/C8H10O4.C2H6O/c1-5(2)7(9)12-6(3)8(10)11-4;1-2-3/h1,3H2,2,4H3;3H,2H2,1H3. The molecule has 0 aromatic carbocycles. The number of hydrogen-bond donors (Lipinski definition) is 1. The number of hydrogen-bond acceptors (Lipinski definition) is 5. The van der Waals surface area contributed by atoms with Gasteiger partial charge in [-0.1, -0.05) is 6.58 Å². The van der Waals surface area contributed by atoms with Crippen molar-refractivity contribution >= 4 is 11.9 Å². The van der Waals surface area contributed by atoms with Crippen LogP contribution < -0.4 is 0 Å². The van der Waals surface area contributed by atoms with Gasteiger partial charge in [-0.2, -0.15) is 0 Å². The molecule has 0 spiro atoms. The molecule has 0 rings (SSSR count). The zero-order valence-electron chi connectivity index (χ0n) is 9.20. The van der Waals surface area contributed by atoms with Crippen LogP contribution >= 0.6 is 0 Å². The van der Waals surface area contributed by atoms with Crippen LogP contribution in [0.1, 0.15) is 13.8 Å². The van der Waals surface area contributed by atoms with Crippen molar-refractivity contribution in [3.63, 3.8) is 0 Å². The van der Waals surface area contributed by atoms with Crippen molar-refractivity contribution in [3.8, 4) is 0 Å². The van der Waals surface area contributed by atoms with E-state index < -0.39 is 11.9 Å². The molecular weight excluding hydrogens is 200 g/mol. The van der Waals surface area contributed by atoms with Crippen molar-refractivity contribution in [1.82, 2.24) is 0 Å². The quantitative estimate of drug-likeness (QED) is 0.429. The third-order valence-electron chi connectivity index (χ3n) is 0.977. The Kier molecular flexibility index (Phi) is 9.45. The molecule has 0 amide bonds. The van der Waals surface area contributed by atoms with Crippen LogP contribution in [0.2, 0.25) is 0 Å². The van der Waals surface area contributed by atoms with Crippen LogP contribution in [0.5, 0.6) is 0 Å². The van der Waals surface area contributed by atoms with E-state index >= 15 is 0 Å². The van der Waals surface area contributed by atoms with Crippen LogP contribution in [-0.2, 0) is 19.1 Å². The highest BCUT2D eigenvalue weighted by atomic mass is 16.6. The summed E-state index contributed by atoms with van der Waals surface area (Å²) in [5, 5.41) is 7.57. The van der Waals surface area contributed by atoms with Crippen molar-refractivity contribution in [2.45, 2.75) is 13.8 Å². The van der Waals surface area contributed by atoms with E-state index in [9.17, 15) is 9.59 Å². The smallest absolute Gasteiger partial charge is 0.373 e. The molecule has 0 fully saturated rings.